The minimum Gasteiger partial charge on any atom is -0.497 e. The van der Waals surface area contributed by atoms with Crippen LogP contribution in [0.1, 0.15) is 5.56 Å². The van der Waals surface area contributed by atoms with Gasteiger partial charge in [0.1, 0.15) is 11.5 Å². The molecule has 0 N–H and O–H groups in total. The quantitative estimate of drug-likeness (QED) is 0.459. The summed E-state index contributed by atoms with van der Waals surface area (Å²) in [7, 11) is 3.18. The molecule has 3 nitrogen and oxygen atoms in total. The van der Waals surface area contributed by atoms with Gasteiger partial charge in [0.05, 0.1) is 14.2 Å². The maximum Gasteiger partial charge on any atom is 0.245 e. The Labute approximate surface area is 105 Å². The van der Waals surface area contributed by atoms with Crippen molar-refractivity contribution < 1.29 is 14.3 Å². The molecule has 17 heavy (non-hydrogen) atoms. The molecule has 4 heteroatoms. The molecule has 1 aromatic rings. The van der Waals surface area contributed by atoms with E-state index in [2.05, 4.69) is 0 Å². The third-order valence-electron chi connectivity index (χ3n) is 2.05. The molecule has 0 radical (unpaired) electrons. The number of ether oxygens (including phenoxy) is 2. The molecule has 0 aromatic heterocycles. The molecule has 0 saturated heterocycles. The summed E-state index contributed by atoms with van der Waals surface area (Å²) in [6.07, 6.45) is 6.37. The van der Waals surface area contributed by atoms with E-state index in [9.17, 15) is 4.79 Å². The molecule has 0 aliphatic heterocycles. The highest BCUT2D eigenvalue weighted by molar-refractivity contribution is 6.66. The van der Waals surface area contributed by atoms with E-state index in [1.54, 1.807) is 32.4 Å². The van der Waals surface area contributed by atoms with Crippen molar-refractivity contribution in [1.29, 1.82) is 0 Å². The summed E-state index contributed by atoms with van der Waals surface area (Å²) in [5.41, 5.74) is 0.889. The van der Waals surface area contributed by atoms with Gasteiger partial charge in [0.25, 0.3) is 0 Å². The monoisotopic (exact) mass is 252 g/mol. The third kappa shape index (κ3) is 4.33. The van der Waals surface area contributed by atoms with E-state index < -0.39 is 5.24 Å². The van der Waals surface area contributed by atoms with Crippen LogP contribution in [-0.4, -0.2) is 19.5 Å². The highest BCUT2D eigenvalue weighted by Crippen LogP contribution is 2.25. The molecule has 0 atom stereocenters. The van der Waals surface area contributed by atoms with E-state index in [0.29, 0.717) is 5.75 Å². The zero-order valence-corrected chi connectivity index (χ0v) is 10.4. The Morgan fingerprint density at radius 1 is 1.24 bits per heavy atom. The largest absolute Gasteiger partial charge is 0.497 e. The fourth-order valence-electron chi connectivity index (χ4n) is 1.25. The lowest BCUT2D eigenvalue weighted by Gasteiger charge is -2.06. The van der Waals surface area contributed by atoms with Gasteiger partial charge in [-0.2, -0.15) is 0 Å². The Balaban J connectivity index is 2.87. The van der Waals surface area contributed by atoms with Gasteiger partial charge in [-0.1, -0.05) is 18.2 Å². The summed E-state index contributed by atoms with van der Waals surface area (Å²) in [5, 5.41) is -0.503. The minimum absolute atomic E-state index is 0.503. The Kier molecular flexibility index (Phi) is 5.30. The number of rotatable bonds is 5. The highest BCUT2D eigenvalue weighted by atomic mass is 35.5. The highest BCUT2D eigenvalue weighted by Gasteiger charge is 2.00. The van der Waals surface area contributed by atoms with Crippen LogP contribution in [0, 0.1) is 0 Å². The van der Waals surface area contributed by atoms with Crippen molar-refractivity contribution in [3.05, 3.63) is 42.0 Å². The molecular weight excluding hydrogens is 240 g/mol. The van der Waals surface area contributed by atoms with Crippen LogP contribution in [0.3, 0.4) is 0 Å². The van der Waals surface area contributed by atoms with Crippen molar-refractivity contribution in [2.24, 2.45) is 0 Å². The maximum absolute atomic E-state index is 10.5. The molecule has 0 fully saturated rings. The summed E-state index contributed by atoms with van der Waals surface area (Å²) < 4.78 is 10.3. The third-order valence-corrected chi connectivity index (χ3v) is 2.18. The van der Waals surface area contributed by atoms with Crippen molar-refractivity contribution in [3.8, 4) is 11.5 Å². The van der Waals surface area contributed by atoms with Gasteiger partial charge in [0.15, 0.2) is 0 Å². The fraction of sp³-hybridized carbons (Fsp3) is 0.154. The predicted molar refractivity (Wildman–Crippen MR) is 68.6 cm³/mol. The van der Waals surface area contributed by atoms with Crippen LogP contribution in [-0.2, 0) is 4.79 Å². The first-order chi connectivity index (χ1) is 8.17. The molecule has 0 amide bonds. The molecule has 0 bridgehead atoms. The zero-order valence-electron chi connectivity index (χ0n) is 9.64. The van der Waals surface area contributed by atoms with Crippen LogP contribution < -0.4 is 9.47 Å². The normalized spacial score (nSPS) is 11.0. The van der Waals surface area contributed by atoms with E-state index >= 15 is 0 Å². The van der Waals surface area contributed by atoms with Crippen LogP contribution >= 0.6 is 11.6 Å². The average molecular weight is 253 g/mol. The number of carbonyl (C=O) groups is 1. The molecule has 0 spiro atoms. The smallest absolute Gasteiger partial charge is 0.245 e. The second-order valence-corrected chi connectivity index (χ2v) is 3.50. The van der Waals surface area contributed by atoms with Gasteiger partial charge < -0.3 is 9.47 Å². The summed E-state index contributed by atoms with van der Waals surface area (Å²) in [5.74, 6) is 1.43. The minimum atomic E-state index is -0.503. The number of carbonyl (C=O) groups excluding carboxylic acids is 1. The van der Waals surface area contributed by atoms with Gasteiger partial charge in [0, 0.05) is 11.6 Å². The number of allylic oxidation sites excluding steroid dienone is 3. The molecule has 90 valence electrons. The predicted octanol–water partition coefficient (Wildman–Crippen LogP) is 3.04. The van der Waals surface area contributed by atoms with E-state index in [1.807, 2.05) is 18.2 Å². The Hall–Kier alpha value is -1.74. The lowest BCUT2D eigenvalue weighted by atomic mass is 10.1. The summed E-state index contributed by atoms with van der Waals surface area (Å²) >= 11 is 5.16. The van der Waals surface area contributed by atoms with Gasteiger partial charge in [-0.3, -0.25) is 4.79 Å². The average Bonchev–Trinajstić information content (AvgIpc) is 2.34. The first-order valence-electron chi connectivity index (χ1n) is 4.93. The maximum atomic E-state index is 10.5. The van der Waals surface area contributed by atoms with E-state index in [1.165, 1.54) is 6.08 Å². The van der Waals surface area contributed by atoms with E-state index in [-0.39, 0.29) is 0 Å². The standard InChI is InChI=1S/C13H13ClO3/c1-16-11-8-7-10(12(9-11)17-2)5-3-4-6-13(14)15/h3-9H,1-2H3/b5-3+,6-4+. The van der Waals surface area contributed by atoms with Gasteiger partial charge in [-0.05, 0) is 29.8 Å². The summed E-state index contributed by atoms with van der Waals surface area (Å²) in [6.45, 7) is 0. The molecule has 1 rings (SSSR count). The Morgan fingerprint density at radius 2 is 2.00 bits per heavy atom. The summed E-state index contributed by atoms with van der Waals surface area (Å²) in [4.78, 5) is 10.5. The second-order valence-electron chi connectivity index (χ2n) is 3.13. The SMILES string of the molecule is COc1ccc(/C=C/C=C/C(=O)Cl)c(OC)c1. The molecular formula is C13H13ClO3. The van der Waals surface area contributed by atoms with Crippen molar-refractivity contribution in [1.82, 2.24) is 0 Å². The van der Waals surface area contributed by atoms with Crippen LogP contribution in [0.5, 0.6) is 11.5 Å². The molecule has 0 unspecified atom stereocenters. The van der Waals surface area contributed by atoms with Gasteiger partial charge in [-0.25, -0.2) is 0 Å². The lowest BCUT2D eigenvalue weighted by molar-refractivity contribution is -0.107. The van der Waals surface area contributed by atoms with Crippen LogP contribution in [0.2, 0.25) is 0 Å². The van der Waals surface area contributed by atoms with Crippen LogP contribution in [0.25, 0.3) is 6.08 Å². The van der Waals surface area contributed by atoms with Gasteiger partial charge >= 0.3 is 0 Å². The second kappa shape index (κ2) is 6.76. The summed E-state index contributed by atoms with van der Waals surface area (Å²) in [6, 6.07) is 5.49. The number of benzene rings is 1. The number of hydrogen-bond donors (Lipinski definition) is 0. The van der Waals surface area contributed by atoms with Crippen molar-refractivity contribution in [2.75, 3.05) is 14.2 Å². The molecule has 0 heterocycles. The number of halogens is 1. The molecule has 0 aliphatic rings. The van der Waals surface area contributed by atoms with Gasteiger partial charge in [0.2, 0.25) is 5.24 Å². The molecule has 0 aliphatic carbocycles. The number of methoxy groups -OCH3 is 2. The topological polar surface area (TPSA) is 35.5 Å². The zero-order chi connectivity index (χ0) is 12.7. The van der Waals surface area contributed by atoms with Crippen molar-refractivity contribution in [2.45, 2.75) is 0 Å². The lowest BCUT2D eigenvalue weighted by Crippen LogP contribution is -1.89. The first-order valence-corrected chi connectivity index (χ1v) is 5.31. The Bertz CT molecular complexity index is 450. The van der Waals surface area contributed by atoms with E-state index in [0.717, 1.165) is 11.3 Å². The number of hydrogen-bond acceptors (Lipinski definition) is 3. The first kappa shape index (κ1) is 13.3. The molecule has 0 saturated carbocycles. The van der Waals surface area contributed by atoms with E-state index in [4.69, 9.17) is 21.1 Å². The van der Waals surface area contributed by atoms with Crippen LogP contribution in [0.15, 0.2) is 36.4 Å². The van der Waals surface area contributed by atoms with Gasteiger partial charge in [-0.15, -0.1) is 0 Å². The van der Waals surface area contributed by atoms with Crippen molar-refractivity contribution in [3.63, 3.8) is 0 Å². The Morgan fingerprint density at radius 3 is 2.59 bits per heavy atom. The van der Waals surface area contributed by atoms with Crippen molar-refractivity contribution >= 4 is 22.9 Å². The fourth-order valence-corrected chi connectivity index (χ4v) is 1.32. The van der Waals surface area contributed by atoms with Crippen LogP contribution in [0.4, 0.5) is 0 Å². The molecule has 1 aromatic carbocycles.